The van der Waals surface area contributed by atoms with Crippen LogP contribution in [-0.2, 0) is 14.8 Å². The molecule has 0 heterocycles. The molecule has 7 heteroatoms. The molecule has 0 aromatic heterocycles. The molecular weight excluding hydrogens is 230 g/mol. The lowest BCUT2D eigenvalue weighted by Crippen LogP contribution is -2.46. The van der Waals surface area contributed by atoms with Gasteiger partial charge < -0.3 is 10.5 Å². The zero-order valence-corrected chi connectivity index (χ0v) is 10.2. The van der Waals surface area contributed by atoms with Crippen molar-refractivity contribution in [2.75, 3.05) is 19.5 Å². The number of amidine groups is 1. The van der Waals surface area contributed by atoms with Crippen molar-refractivity contribution in [3.05, 3.63) is 0 Å². The van der Waals surface area contributed by atoms with Gasteiger partial charge in [-0.25, -0.2) is 13.1 Å². The van der Waals surface area contributed by atoms with E-state index in [1.54, 1.807) is 0 Å². The van der Waals surface area contributed by atoms with E-state index in [-0.39, 0.29) is 17.5 Å². The van der Waals surface area contributed by atoms with E-state index in [9.17, 15) is 8.42 Å². The molecule has 1 unspecified atom stereocenters. The highest BCUT2D eigenvalue weighted by Gasteiger charge is 2.35. The van der Waals surface area contributed by atoms with Gasteiger partial charge in [0.25, 0.3) is 0 Å². The van der Waals surface area contributed by atoms with E-state index in [2.05, 4.69) is 4.72 Å². The number of methoxy groups -OCH3 is 1. The SMILES string of the molecule is COCCCS(=O)(=O)NC(C(=N)N)C1CC1. The van der Waals surface area contributed by atoms with Crippen molar-refractivity contribution in [2.45, 2.75) is 25.3 Å². The lowest BCUT2D eigenvalue weighted by molar-refractivity contribution is 0.199. The Bertz CT molecular complexity index is 338. The summed E-state index contributed by atoms with van der Waals surface area (Å²) in [6, 6.07) is -0.521. The number of nitrogens with one attached hydrogen (secondary N) is 2. The Morgan fingerprint density at radius 1 is 1.62 bits per heavy atom. The third kappa shape index (κ3) is 4.46. The van der Waals surface area contributed by atoms with E-state index in [1.807, 2.05) is 0 Å². The molecule has 0 saturated heterocycles. The van der Waals surface area contributed by atoms with Gasteiger partial charge in [0.05, 0.1) is 11.8 Å². The van der Waals surface area contributed by atoms with Crippen LogP contribution < -0.4 is 10.5 Å². The minimum atomic E-state index is -3.35. The van der Waals surface area contributed by atoms with E-state index >= 15 is 0 Å². The van der Waals surface area contributed by atoms with Crippen LogP contribution in [-0.4, -0.2) is 39.8 Å². The molecule has 0 aromatic carbocycles. The fraction of sp³-hybridized carbons (Fsp3) is 0.889. The summed E-state index contributed by atoms with van der Waals surface area (Å²) in [5.41, 5.74) is 5.37. The summed E-state index contributed by atoms with van der Waals surface area (Å²) in [5, 5.41) is 7.34. The lowest BCUT2D eigenvalue weighted by atomic mass is 10.2. The van der Waals surface area contributed by atoms with Crippen LogP contribution in [0.15, 0.2) is 0 Å². The summed E-state index contributed by atoms with van der Waals surface area (Å²) >= 11 is 0. The lowest BCUT2D eigenvalue weighted by Gasteiger charge is -2.16. The predicted octanol–water partition coefficient (Wildman–Crippen LogP) is -0.343. The van der Waals surface area contributed by atoms with Crippen LogP contribution in [0.2, 0.25) is 0 Å². The largest absolute Gasteiger partial charge is 0.386 e. The number of nitrogens with two attached hydrogens (primary N) is 1. The van der Waals surface area contributed by atoms with Gasteiger partial charge in [-0.1, -0.05) is 0 Å². The molecule has 94 valence electrons. The highest BCUT2D eigenvalue weighted by atomic mass is 32.2. The van der Waals surface area contributed by atoms with E-state index in [0.29, 0.717) is 13.0 Å². The van der Waals surface area contributed by atoms with Crippen molar-refractivity contribution in [3.8, 4) is 0 Å². The van der Waals surface area contributed by atoms with Crippen molar-refractivity contribution in [1.82, 2.24) is 4.72 Å². The van der Waals surface area contributed by atoms with Crippen LogP contribution in [0, 0.1) is 11.3 Å². The summed E-state index contributed by atoms with van der Waals surface area (Å²) < 4.78 is 30.5. The molecule has 4 N–H and O–H groups in total. The molecule has 1 saturated carbocycles. The summed E-state index contributed by atoms with van der Waals surface area (Å²) in [6.45, 7) is 0.412. The second-order valence-electron chi connectivity index (χ2n) is 4.05. The van der Waals surface area contributed by atoms with Gasteiger partial charge in [-0.05, 0) is 25.2 Å². The molecule has 0 amide bonds. The number of rotatable bonds is 8. The van der Waals surface area contributed by atoms with Gasteiger partial charge in [0.15, 0.2) is 0 Å². The van der Waals surface area contributed by atoms with Crippen molar-refractivity contribution in [1.29, 1.82) is 5.41 Å². The molecule has 0 aliphatic heterocycles. The van der Waals surface area contributed by atoms with E-state index in [4.69, 9.17) is 15.9 Å². The molecule has 1 atom stereocenters. The van der Waals surface area contributed by atoms with Crippen molar-refractivity contribution >= 4 is 15.9 Å². The molecule has 0 bridgehead atoms. The summed E-state index contributed by atoms with van der Waals surface area (Å²) in [4.78, 5) is 0. The maximum Gasteiger partial charge on any atom is 0.212 e. The number of ether oxygens (including phenoxy) is 1. The Morgan fingerprint density at radius 3 is 2.69 bits per heavy atom. The molecule has 1 aliphatic rings. The van der Waals surface area contributed by atoms with Gasteiger partial charge in [-0.15, -0.1) is 0 Å². The highest BCUT2D eigenvalue weighted by Crippen LogP contribution is 2.32. The zero-order valence-electron chi connectivity index (χ0n) is 9.40. The van der Waals surface area contributed by atoms with Crippen molar-refractivity contribution in [3.63, 3.8) is 0 Å². The van der Waals surface area contributed by atoms with E-state index < -0.39 is 16.1 Å². The maximum absolute atomic E-state index is 11.6. The Hall–Kier alpha value is -0.660. The van der Waals surface area contributed by atoms with Crippen LogP contribution in [0.3, 0.4) is 0 Å². The number of hydrogen-bond donors (Lipinski definition) is 3. The Labute approximate surface area is 96.1 Å². The normalized spacial score (nSPS) is 18.3. The molecule has 1 rings (SSSR count). The number of hydrogen-bond acceptors (Lipinski definition) is 4. The minimum Gasteiger partial charge on any atom is -0.386 e. The van der Waals surface area contributed by atoms with Gasteiger partial charge in [-0.3, -0.25) is 5.41 Å². The monoisotopic (exact) mass is 249 g/mol. The van der Waals surface area contributed by atoms with Crippen molar-refractivity contribution in [2.24, 2.45) is 11.7 Å². The first-order valence-corrected chi connectivity index (χ1v) is 6.94. The van der Waals surface area contributed by atoms with Gasteiger partial charge in [0.2, 0.25) is 10.0 Å². The minimum absolute atomic E-state index is 0.0112. The van der Waals surface area contributed by atoms with Crippen LogP contribution >= 0.6 is 0 Å². The Morgan fingerprint density at radius 2 is 2.25 bits per heavy atom. The smallest absolute Gasteiger partial charge is 0.212 e. The third-order valence-corrected chi connectivity index (χ3v) is 3.94. The third-order valence-electron chi connectivity index (χ3n) is 2.50. The molecule has 0 aromatic rings. The standard InChI is InChI=1S/C9H19N3O3S/c1-15-5-2-6-16(13,14)12-8(9(10)11)7-3-4-7/h7-8,12H,2-6H2,1H3,(H3,10,11). The van der Waals surface area contributed by atoms with Gasteiger partial charge >= 0.3 is 0 Å². The maximum atomic E-state index is 11.6. The molecule has 1 aliphatic carbocycles. The predicted molar refractivity (Wildman–Crippen MR) is 61.8 cm³/mol. The zero-order chi connectivity index (χ0) is 12.2. The Kier molecular flexibility index (Phi) is 4.69. The molecule has 16 heavy (non-hydrogen) atoms. The van der Waals surface area contributed by atoms with Crippen LogP contribution in [0.1, 0.15) is 19.3 Å². The highest BCUT2D eigenvalue weighted by molar-refractivity contribution is 7.89. The molecule has 1 fully saturated rings. The topological polar surface area (TPSA) is 105 Å². The quantitative estimate of drug-likeness (QED) is 0.311. The fourth-order valence-corrected chi connectivity index (χ4v) is 2.81. The molecule has 0 spiro atoms. The second-order valence-corrected chi connectivity index (χ2v) is 5.93. The van der Waals surface area contributed by atoms with Gasteiger partial charge in [0, 0.05) is 13.7 Å². The fourth-order valence-electron chi connectivity index (χ4n) is 1.49. The van der Waals surface area contributed by atoms with Crippen LogP contribution in [0.4, 0.5) is 0 Å². The van der Waals surface area contributed by atoms with Gasteiger partial charge in [0.1, 0.15) is 5.84 Å². The van der Waals surface area contributed by atoms with Crippen molar-refractivity contribution < 1.29 is 13.2 Å². The summed E-state index contributed by atoms with van der Waals surface area (Å²) in [5.74, 6) is 0.115. The average molecular weight is 249 g/mol. The number of sulfonamides is 1. The Balaban J connectivity index is 2.46. The first kappa shape index (κ1) is 13.4. The first-order chi connectivity index (χ1) is 7.46. The van der Waals surface area contributed by atoms with E-state index in [0.717, 1.165) is 12.8 Å². The molecule has 6 nitrogen and oxygen atoms in total. The van der Waals surface area contributed by atoms with Crippen LogP contribution in [0.5, 0.6) is 0 Å². The van der Waals surface area contributed by atoms with Crippen LogP contribution in [0.25, 0.3) is 0 Å². The second kappa shape index (κ2) is 5.60. The average Bonchev–Trinajstić information content (AvgIpc) is 2.97. The summed E-state index contributed by atoms with van der Waals surface area (Å²) in [6.07, 6.45) is 2.32. The molecule has 0 radical (unpaired) electrons. The summed E-state index contributed by atoms with van der Waals surface area (Å²) in [7, 11) is -1.82. The van der Waals surface area contributed by atoms with E-state index in [1.165, 1.54) is 7.11 Å². The first-order valence-electron chi connectivity index (χ1n) is 5.29. The van der Waals surface area contributed by atoms with Gasteiger partial charge in [-0.2, -0.15) is 0 Å². The molecular formula is C9H19N3O3S.